The van der Waals surface area contributed by atoms with Crippen LogP contribution in [0.25, 0.3) is 0 Å². The summed E-state index contributed by atoms with van der Waals surface area (Å²) in [4.78, 5) is 12.1. The molecule has 116 valence electrons. The first-order valence-electron chi connectivity index (χ1n) is 6.88. The highest BCUT2D eigenvalue weighted by Crippen LogP contribution is 2.20. The summed E-state index contributed by atoms with van der Waals surface area (Å²) in [5.74, 6) is -0.103. The molecule has 0 saturated carbocycles. The summed E-state index contributed by atoms with van der Waals surface area (Å²) in [7, 11) is -3.04. The lowest BCUT2D eigenvalue weighted by atomic mass is 9.90. The Morgan fingerprint density at radius 3 is 2.70 bits per heavy atom. The van der Waals surface area contributed by atoms with E-state index in [0.717, 1.165) is 0 Å². The number of amides is 1. The Morgan fingerprint density at radius 1 is 1.40 bits per heavy atom. The molecule has 2 saturated heterocycles. The van der Waals surface area contributed by atoms with Crippen LogP contribution in [0.15, 0.2) is 0 Å². The highest BCUT2D eigenvalue weighted by molar-refractivity contribution is 7.91. The summed E-state index contributed by atoms with van der Waals surface area (Å²) in [6.07, 6.45) is 1.26. The van der Waals surface area contributed by atoms with E-state index in [0.29, 0.717) is 32.6 Å². The number of sulfone groups is 1. The van der Waals surface area contributed by atoms with Crippen LogP contribution in [-0.4, -0.2) is 68.9 Å². The van der Waals surface area contributed by atoms with Gasteiger partial charge in [-0.2, -0.15) is 0 Å². The number of hydrogen-bond acceptors (Lipinski definition) is 6. The van der Waals surface area contributed by atoms with Gasteiger partial charge < -0.3 is 20.5 Å². The van der Waals surface area contributed by atoms with Gasteiger partial charge in [0.05, 0.1) is 23.7 Å². The average Bonchev–Trinajstić information content (AvgIpc) is 2.38. The maximum absolute atomic E-state index is 12.1. The third kappa shape index (κ3) is 4.15. The minimum absolute atomic E-state index is 0.00431. The second kappa shape index (κ2) is 6.38. The molecule has 2 rings (SSSR count). The fourth-order valence-electron chi connectivity index (χ4n) is 2.65. The topological polar surface area (TPSA) is 105 Å². The van der Waals surface area contributed by atoms with Crippen LogP contribution in [0, 0.1) is 0 Å². The minimum Gasteiger partial charge on any atom is -0.394 e. The number of hydrogen-bond donors (Lipinski definition) is 3. The number of carbonyl (C=O) groups excluding carboxylic acids is 1. The van der Waals surface area contributed by atoms with Crippen molar-refractivity contribution >= 4 is 15.7 Å². The Morgan fingerprint density at radius 2 is 2.10 bits per heavy atom. The smallest absolute Gasteiger partial charge is 0.222 e. The van der Waals surface area contributed by atoms with Gasteiger partial charge in [-0.05, 0) is 12.8 Å². The quantitative estimate of drug-likeness (QED) is 0.579. The SMILES string of the molecule is O=C(CC1CS(=O)(=O)CCN1)NC1(CO)CCOCC1. The van der Waals surface area contributed by atoms with Gasteiger partial charge in [0.25, 0.3) is 0 Å². The van der Waals surface area contributed by atoms with Gasteiger partial charge in [0.2, 0.25) is 5.91 Å². The van der Waals surface area contributed by atoms with Crippen LogP contribution in [-0.2, 0) is 19.4 Å². The van der Waals surface area contributed by atoms with E-state index in [-0.39, 0.29) is 36.5 Å². The molecule has 2 aliphatic rings. The van der Waals surface area contributed by atoms with Crippen molar-refractivity contribution in [2.75, 3.05) is 37.9 Å². The molecule has 7 nitrogen and oxygen atoms in total. The third-order valence-corrected chi connectivity index (χ3v) is 5.63. The lowest BCUT2D eigenvalue weighted by molar-refractivity contribution is -0.125. The minimum atomic E-state index is -3.04. The van der Waals surface area contributed by atoms with Crippen molar-refractivity contribution in [1.82, 2.24) is 10.6 Å². The van der Waals surface area contributed by atoms with Crippen LogP contribution < -0.4 is 10.6 Å². The molecule has 8 heteroatoms. The predicted molar refractivity (Wildman–Crippen MR) is 73.1 cm³/mol. The van der Waals surface area contributed by atoms with Gasteiger partial charge in [-0.15, -0.1) is 0 Å². The Kier molecular flexibility index (Phi) is 5.00. The van der Waals surface area contributed by atoms with Crippen LogP contribution in [0.1, 0.15) is 19.3 Å². The molecule has 2 fully saturated rings. The molecule has 0 radical (unpaired) electrons. The molecule has 20 heavy (non-hydrogen) atoms. The first-order chi connectivity index (χ1) is 9.45. The molecule has 2 aliphatic heterocycles. The second-order valence-corrected chi connectivity index (χ2v) is 7.80. The van der Waals surface area contributed by atoms with Crippen LogP contribution in [0.4, 0.5) is 0 Å². The Labute approximate surface area is 119 Å². The van der Waals surface area contributed by atoms with Crippen molar-refractivity contribution in [3.8, 4) is 0 Å². The van der Waals surface area contributed by atoms with Crippen molar-refractivity contribution in [2.24, 2.45) is 0 Å². The van der Waals surface area contributed by atoms with Crippen LogP contribution in [0.5, 0.6) is 0 Å². The maximum Gasteiger partial charge on any atom is 0.222 e. The molecular weight excluding hydrogens is 284 g/mol. The lowest BCUT2D eigenvalue weighted by Gasteiger charge is -2.36. The fourth-order valence-corrected chi connectivity index (χ4v) is 4.10. The molecule has 2 heterocycles. The summed E-state index contributed by atoms with van der Waals surface area (Å²) in [5, 5.41) is 15.4. The molecule has 1 atom stereocenters. The fraction of sp³-hybridized carbons (Fsp3) is 0.917. The largest absolute Gasteiger partial charge is 0.394 e. The van der Waals surface area contributed by atoms with E-state index in [1.807, 2.05) is 0 Å². The predicted octanol–water partition coefficient (Wildman–Crippen LogP) is -1.58. The molecule has 0 spiro atoms. The van der Waals surface area contributed by atoms with Crippen LogP contribution in [0.3, 0.4) is 0 Å². The van der Waals surface area contributed by atoms with E-state index < -0.39 is 15.4 Å². The second-order valence-electron chi connectivity index (χ2n) is 5.57. The first-order valence-corrected chi connectivity index (χ1v) is 8.70. The summed E-state index contributed by atoms with van der Waals surface area (Å²) in [5.41, 5.74) is -0.622. The third-order valence-electron chi connectivity index (χ3n) is 3.89. The highest BCUT2D eigenvalue weighted by Gasteiger charge is 2.34. The number of carbonyl (C=O) groups is 1. The number of rotatable bonds is 4. The van der Waals surface area contributed by atoms with Gasteiger partial charge in [-0.25, -0.2) is 8.42 Å². The van der Waals surface area contributed by atoms with Crippen LogP contribution >= 0.6 is 0 Å². The van der Waals surface area contributed by atoms with E-state index in [1.165, 1.54) is 0 Å². The van der Waals surface area contributed by atoms with Gasteiger partial charge in [0.1, 0.15) is 0 Å². The Balaban J connectivity index is 1.88. The van der Waals surface area contributed by atoms with E-state index in [9.17, 15) is 18.3 Å². The maximum atomic E-state index is 12.1. The zero-order valence-corrected chi connectivity index (χ0v) is 12.2. The Bertz CT molecular complexity index is 445. The van der Waals surface area contributed by atoms with Gasteiger partial charge in [0, 0.05) is 32.2 Å². The monoisotopic (exact) mass is 306 g/mol. The molecular formula is C12H22N2O5S. The standard InChI is InChI=1S/C12H22N2O5S/c15-9-12(1-4-19-5-2-12)14-11(16)7-10-8-20(17,18)6-3-13-10/h10,13,15H,1-9H2,(H,14,16). The van der Waals surface area contributed by atoms with Gasteiger partial charge >= 0.3 is 0 Å². The van der Waals surface area contributed by atoms with Crippen LogP contribution in [0.2, 0.25) is 0 Å². The number of aliphatic hydroxyl groups excluding tert-OH is 1. The summed E-state index contributed by atoms with van der Waals surface area (Å²) in [6.45, 7) is 1.28. The van der Waals surface area contributed by atoms with Crippen molar-refractivity contribution in [1.29, 1.82) is 0 Å². The number of ether oxygens (including phenoxy) is 1. The highest BCUT2D eigenvalue weighted by atomic mass is 32.2. The van der Waals surface area contributed by atoms with Gasteiger partial charge in [0.15, 0.2) is 9.84 Å². The van der Waals surface area contributed by atoms with Gasteiger partial charge in [-0.3, -0.25) is 4.79 Å². The van der Waals surface area contributed by atoms with Crippen molar-refractivity contribution < 1.29 is 23.1 Å². The van der Waals surface area contributed by atoms with Crippen molar-refractivity contribution in [3.63, 3.8) is 0 Å². The van der Waals surface area contributed by atoms with E-state index in [1.54, 1.807) is 0 Å². The molecule has 0 aliphatic carbocycles. The molecule has 0 aromatic carbocycles. The zero-order chi connectivity index (χ0) is 14.6. The first kappa shape index (κ1) is 15.7. The van der Waals surface area contributed by atoms with E-state index in [4.69, 9.17) is 4.74 Å². The average molecular weight is 306 g/mol. The molecule has 0 bridgehead atoms. The van der Waals surface area contributed by atoms with E-state index >= 15 is 0 Å². The summed E-state index contributed by atoms with van der Waals surface area (Å²) < 4.78 is 28.3. The summed E-state index contributed by atoms with van der Waals surface area (Å²) in [6, 6.07) is -0.343. The van der Waals surface area contributed by atoms with Crippen molar-refractivity contribution in [3.05, 3.63) is 0 Å². The summed E-state index contributed by atoms with van der Waals surface area (Å²) >= 11 is 0. The normalized spacial score (nSPS) is 28.8. The lowest BCUT2D eigenvalue weighted by Crippen LogP contribution is -2.56. The molecule has 0 aromatic heterocycles. The zero-order valence-electron chi connectivity index (χ0n) is 11.4. The van der Waals surface area contributed by atoms with E-state index in [2.05, 4.69) is 10.6 Å². The van der Waals surface area contributed by atoms with Crippen molar-refractivity contribution in [2.45, 2.75) is 30.8 Å². The molecule has 1 unspecified atom stereocenters. The number of aliphatic hydroxyl groups is 1. The number of nitrogens with one attached hydrogen (secondary N) is 2. The molecule has 3 N–H and O–H groups in total. The molecule has 0 aromatic rings. The Hall–Kier alpha value is -0.700. The molecule has 1 amide bonds. The van der Waals surface area contributed by atoms with Gasteiger partial charge in [-0.1, -0.05) is 0 Å².